The molecule has 0 saturated heterocycles. The van der Waals surface area contributed by atoms with E-state index in [9.17, 15) is 9.90 Å². The highest BCUT2D eigenvalue weighted by Crippen LogP contribution is 2.34. The lowest BCUT2D eigenvalue weighted by Gasteiger charge is -2.30. The molecule has 0 radical (unpaired) electrons. The van der Waals surface area contributed by atoms with E-state index in [0.717, 1.165) is 38.5 Å². The number of hydrogen-bond donors (Lipinski definition) is 1. The number of carbonyl (C=O) groups excluding carboxylic acids is 1. The minimum Gasteiger partial charge on any atom is -0.465 e. The lowest BCUT2D eigenvalue weighted by Crippen LogP contribution is -2.44. The summed E-state index contributed by atoms with van der Waals surface area (Å²) in [5, 5.41) is 10.4. The van der Waals surface area contributed by atoms with Gasteiger partial charge in [0.05, 0.1) is 18.8 Å². The van der Waals surface area contributed by atoms with E-state index in [-0.39, 0.29) is 5.97 Å². The molecule has 98 valence electrons. The number of carbonyl (C=O) groups is 1. The van der Waals surface area contributed by atoms with Crippen LogP contribution in [0.25, 0.3) is 0 Å². The summed E-state index contributed by atoms with van der Waals surface area (Å²) in [6, 6.07) is 0.490. The van der Waals surface area contributed by atoms with Crippen LogP contribution in [0, 0.1) is 0 Å². The third-order valence-corrected chi connectivity index (χ3v) is 3.73. The smallest absolute Gasteiger partial charge is 0.320 e. The summed E-state index contributed by atoms with van der Waals surface area (Å²) in [4.78, 5) is 13.6. The third kappa shape index (κ3) is 3.68. The molecule has 1 N–H and O–H groups in total. The lowest BCUT2D eigenvalue weighted by atomic mass is 10.0. The van der Waals surface area contributed by atoms with Gasteiger partial charge in [-0.1, -0.05) is 12.8 Å². The van der Waals surface area contributed by atoms with Gasteiger partial charge in [-0.05, 0) is 32.6 Å². The predicted octanol–water partition coefficient (Wildman–Crippen LogP) is 1.32. The van der Waals surface area contributed by atoms with E-state index in [2.05, 4.69) is 4.90 Å². The van der Waals surface area contributed by atoms with Gasteiger partial charge in [-0.15, -0.1) is 0 Å². The second kappa shape index (κ2) is 5.36. The Morgan fingerprint density at radius 2 is 2.06 bits per heavy atom. The fourth-order valence-electron chi connectivity index (χ4n) is 2.70. The molecular weight excluding hydrogens is 218 g/mol. The number of nitrogens with zero attached hydrogens (tertiary/aromatic N) is 1. The van der Waals surface area contributed by atoms with Gasteiger partial charge in [0.2, 0.25) is 0 Å². The van der Waals surface area contributed by atoms with Gasteiger partial charge in [-0.3, -0.25) is 9.69 Å². The standard InChI is InChI=1S/C13H23NO3/c1-2-17-12(15)9-14(11-5-6-11)10-13(16)7-3-4-8-13/h11,16H,2-10H2,1H3. The van der Waals surface area contributed by atoms with Gasteiger partial charge in [0.15, 0.2) is 0 Å². The Labute approximate surface area is 103 Å². The number of aliphatic hydroxyl groups is 1. The predicted molar refractivity (Wildman–Crippen MR) is 64.6 cm³/mol. The van der Waals surface area contributed by atoms with Crippen LogP contribution >= 0.6 is 0 Å². The Kier molecular flexibility index (Phi) is 4.05. The van der Waals surface area contributed by atoms with Crippen LogP contribution in [0.1, 0.15) is 45.4 Å². The molecule has 17 heavy (non-hydrogen) atoms. The first-order valence-electron chi connectivity index (χ1n) is 6.75. The van der Waals surface area contributed by atoms with E-state index in [1.165, 1.54) is 0 Å². The topological polar surface area (TPSA) is 49.8 Å². The number of ether oxygens (including phenoxy) is 1. The molecule has 0 atom stereocenters. The molecule has 0 amide bonds. The lowest BCUT2D eigenvalue weighted by molar-refractivity contribution is -0.145. The molecule has 4 heteroatoms. The molecule has 2 fully saturated rings. The van der Waals surface area contributed by atoms with Crippen molar-refractivity contribution in [3.05, 3.63) is 0 Å². The molecule has 0 aromatic carbocycles. The quantitative estimate of drug-likeness (QED) is 0.713. The van der Waals surface area contributed by atoms with Crippen LogP contribution < -0.4 is 0 Å². The van der Waals surface area contributed by atoms with Crippen LogP contribution in [0.5, 0.6) is 0 Å². The van der Waals surface area contributed by atoms with Crippen LogP contribution in [-0.4, -0.2) is 47.3 Å². The van der Waals surface area contributed by atoms with Crippen LogP contribution in [-0.2, 0) is 9.53 Å². The summed E-state index contributed by atoms with van der Waals surface area (Å²) in [6.45, 7) is 3.22. The van der Waals surface area contributed by atoms with E-state index in [1.807, 2.05) is 6.92 Å². The van der Waals surface area contributed by atoms with Crippen LogP contribution in [0.3, 0.4) is 0 Å². The van der Waals surface area contributed by atoms with Crippen molar-refractivity contribution in [1.29, 1.82) is 0 Å². The van der Waals surface area contributed by atoms with Gasteiger partial charge in [0.1, 0.15) is 0 Å². The summed E-state index contributed by atoms with van der Waals surface area (Å²) < 4.78 is 4.99. The summed E-state index contributed by atoms with van der Waals surface area (Å²) in [6.07, 6.45) is 6.26. The minimum absolute atomic E-state index is 0.166. The summed E-state index contributed by atoms with van der Waals surface area (Å²) in [5.74, 6) is -0.166. The molecule has 0 heterocycles. The van der Waals surface area contributed by atoms with Crippen molar-refractivity contribution < 1.29 is 14.6 Å². The summed E-state index contributed by atoms with van der Waals surface area (Å²) >= 11 is 0. The zero-order valence-corrected chi connectivity index (χ0v) is 10.7. The fraction of sp³-hybridized carbons (Fsp3) is 0.923. The van der Waals surface area contributed by atoms with Crippen molar-refractivity contribution in [3.8, 4) is 0 Å². The van der Waals surface area contributed by atoms with Crippen LogP contribution in [0.2, 0.25) is 0 Å². The van der Waals surface area contributed by atoms with Crippen molar-refractivity contribution in [2.24, 2.45) is 0 Å². The molecule has 4 nitrogen and oxygen atoms in total. The zero-order valence-electron chi connectivity index (χ0n) is 10.7. The van der Waals surface area contributed by atoms with E-state index in [1.54, 1.807) is 0 Å². The van der Waals surface area contributed by atoms with Crippen molar-refractivity contribution in [1.82, 2.24) is 4.90 Å². The summed E-state index contributed by atoms with van der Waals surface area (Å²) in [7, 11) is 0. The molecular formula is C13H23NO3. The molecule has 0 aliphatic heterocycles. The van der Waals surface area contributed by atoms with Crippen LogP contribution in [0.15, 0.2) is 0 Å². The average Bonchev–Trinajstić information content (AvgIpc) is 3.02. The highest BCUT2D eigenvalue weighted by atomic mass is 16.5. The van der Waals surface area contributed by atoms with Crippen molar-refractivity contribution in [2.45, 2.75) is 57.1 Å². The number of rotatable bonds is 6. The third-order valence-electron chi connectivity index (χ3n) is 3.73. The summed E-state index contributed by atoms with van der Waals surface area (Å²) in [5.41, 5.74) is -0.560. The van der Waals surface area contributed by atoms with Gasteiger partial charge >= 0.3 is 5.97 Å². The van der Waals surface area contributed by atoms with Gasteiger partial charge < -0.3 is 9.84 Å². The van der Waals surface area contributed by atoms with E-state index >= 15 is 0 Å². The van der Waals surface area contributed by atoms with E-state index in [4.69, 9.17) is 4.74 Å². The normalized spacial score (nSPS) is 23.0. The number of hydrogen-bond acceptors (Lipinski definition) is 4. The monoisotopic (exact) mass is 241 g/mol. The van der Waals surface area contributed by atoms with Gasteiger partial charge in [-0.2, -0.15) is 0 Å². The van der Waals surface area contributed by atoms with Crippen molar-refractivity contribution >= 4 is 5.97 Å². The molecule has 2 rings (SSSR count). The van der Waals surface area contributed by atoms with Crippen molar-refractivity contribution in [3.63, 3.8) is 0 Å². The molecule has 0 spiro atoms. The van der Waals surface area contributed by atoms with Crippen molar-refractivity contribution in [2.75, 3.05) is 19.7 Å². The molecule has 0 bridgehead atoms. The Balaban J connectivity index is 1.86. The first-order valence-corrected chi connectivity index (χ1v) is 6.75. The Bertz CT molecular complexity index is 270. The molecule has 2 aliphatic rings. The maximum atomic E-state index is 11.5. The fourth-order valence-corrected chi connectivity index (χ4v) is 2.70. The van der Waals surface area contributed by atoms with Gasteiger partial charge in [0, 0.05) is 12.6 Å². The first-order chi connectivity index (χ1) is 8.13. The van der Waals surface area contributed by atoms with Gasteiger partial charge in [0.25, 0.3) is 0 Å². The van der Waals surface area contributed by atoms with E-state index in [0.29, 0.717) is 25.7 Å². The molecule has 0 aromatic heterocycles. The second-order valence-corrected chi connectivity index (χ2v) is 5.37. The van der Waals surface area contributed by atoms with E-state index < -0.39 is 5.60 Å². The second-order valence-electron chi connectivity index (χ2n) is 5.37. The highest BCUT2D eigenvalue weighted by molar-refractivity contribution is 5.71. The zero-order chi connectivity index (χ0) is 12.3. The SMILES string of the molecule is CCOC(=O)CN(CC1(O)CCCC1)C1CC1. The molecule has 0 aromatic rings. The Hall–Kier alpha value is -0.610. The van der Waals surface area contributed by atoms with Crippen LogP contribution in [0.4, 0.5) is 0 Å². The molecule has 0 unspecified atom stereocenters. The largest absolute Gasteiger partial charge is 0.465 e. The minimum atomic E-state index is -0.560. The molecule has 2 saturated carbocycles. The average molecular weight is 241 g/mol. The Morgan fingerprint density at radius 3 is 2.59 bits per heavy atom. The number of esters is 1. The van der Waals surface area contributed by atoms with Gasteiger partial charge in [-0.25, -0.2) is 0 Å². The maximum Gasteiger partial charge on any atom is 0.320 e. The molecule has 2 aliphatic carbocycles. The first kappa shape index (κ1) is 12.8. The Morgan fingerprint density at radius 1 is 1.41 bits per heavy atom. The highest BCUT2D eigenvalue weighted by Gasteiger charge is 2.38. The maximum absolute atomic E-state index is 11.5.